The van der Waals surface area contributed by atoms with Crippen molar-refractivity contribution < 1.29 is 27.2 Å². The highest BCUT2D eigenvalue weighted by molar-refractivity contribution is 6.64. The van der Waals surface area contributed by atoms with Gasteiger partial charge in [-0.1, -0.05) is 30.3 Å². The number of alkyl halides is 3. The molecule has 11 heteroatoms. The molecular formula is C28H28BF4N4O2. The number of carbonyl (C=O) groups excluding carboxylic acids is 2. The van der Waals surface area contributed by atoms with E-state index in [1.807, 2.05) is 29.1 Å². The summed E-state index contributed by atoms with van der Waals surface area (Å²) in [6.45, 7) is 1.63. The Morgan fingerprint density at radius 2 is 1.79 bits per heavy atom. The van der Waals surface area contributed by atoms with Crippen LogP contribution in [-0.2, 0) is 41.4 Å². The minimum atomic E-state index is -4.63. The number of aryl methyl sites for hydroxylation is 2. The van der Waals surface area contributed by atoms with E-state index in [2.05, 4.69) is 9.97 Å². The first kappa shape index (κ1) is 28.4. The van der Waals surface area contributed by atoms with E-state index >= 15 is 0 Å². The van der Waals surface area contributed by atoms with Crippen molar-refractivity contribution in [3.05, 3.63) is 93.8 Å². The van der Waals surface area contributed by atoms with Crippen LogP contribution >= 0.6 is 0 Å². The molecule has 2 heterocycles. The van der Waals surface area contributed by atoms with E-state index in [9.17, 15) is 27.2 Å². The van der Waals surface area contributed by atoms with Crippen LogP contribution in [0.5, 0.6) is 0 Å². The van der Waals surface area contributed by atoms with Gasteiger partial charge in [0.05, 0.1) is 23.9 Å². The highest BCUT2D eigenvalue weighted by atomic mass is 19.4. The predicted molar refractivity (Wildman–Crippen MR) is 139 cm³/mol. The highest BCUT2D eigenvalue weighted by Gasteiger charge is 2.35. The van der Waals surface area contributed by atoms with E-state index in [-0.39, 0.29) is 37.2 Å². The monoisotopic (exact) mass is 539 g/mol. The third-order valence-corrected chi connectivity index (χ3v) is 7.00. The van der Waals surface area contributed by atoms with Gasteiger partial charge in [0.25, 0.3) is 7.41 Å². The Morgan fingerprint density at radius 1 is 1.08 bits per heavy atom. The van der Waals surface area contributed by atoms with Crippen LogP contribution in [0.1, 0.15) is 58.1 Å². The summed E-state index contributed by atoms with van der Waals surface area (Å²) in [6, 6.07) is 11.8. The van der Waals surface area contributed by atoms with Gasteiger partial charge < -0.3 is 15.3 Å². The number of rotatable bonds is 10. The topological polar surface area (TPSA) is 89.2 Å². The van der Waals surface area contributed by atoms with Gasteiger partial charge in [-0.2, -0.15) is 13.2 Å². The first-order chi connectivity index (χ1) is 18.6. The Morgan fingerprint density at radius 3 is 2.44 bits per heavy atom. The van der Waals surface area contributed by atoms with Gasteiger partial charge in [0, 0.05) is 12.6 Å². The van der Waals surface area contributed by atoms with Crippen molar-refractivity contribution >= 4 is 19.5 Å². The van der Waals surface area contributed by atoms with Crippen LogP contribution in [0, 0.1) is 5.82 Å². The maximum Gasteiger partial charge on any atom is 0.419 e. The third-order valence-electron chi connectivity index (χ3n) is 7.00. The Kier molecular flexibility index (Phi) is 9.11. The number of nitrogens with zero attached hydrogens (tertiary/aromatic N) is 3. The molecule has 1 amide bonds. The Balaban J connectivity index is 1.48. The van der Waals surface area contributed by atoms with Crippen molar-refractivity contribution in [2.24, 2.45) is 5.73 Å². The van der Waals surface area contributed by atoms with Gasteiger partial charge in [-0.3, -0.25) is 4.79 Å². The summed E-state index contributed by atoms with van der Waals surface area (Å²) in [5.41, 5.74) is 7.11. The molecule has 1 aromatic heterocycles. The lowest BCUT2D eigenvalue weighted by Gasteiger charge is -2.30. The van der Waals surface area contributed by atoms with E-state index in [0.717, 1.165) is 43.9 Å². The van der Waals surface area contributed by atoms with E-state index < -0.39 is 23.5 Å². The lowest BCUT2D eigenvalue weighted by molar-refractivity contribution is -0.138. The predicted octanol–water partition coefficient (Wildman–Crippen LogP) is 4.03. The molecule has 1 radical (unpaired) electrons. The van der Waals surface area contributed by atoms with Crippen molar-refractivity contribution in [1.29, 1.82) is 0 Å². The Labute approximate surface area is 224 Å². The molecule has 0 unspecified atom stereocenters. The zero-order valence-corrected chi connectivity index (χ0v) is 21.3. The summed E-state index contributed by atoms with van der Waals surface area (Å²) >= 11 is 0. The van der Waals surface area contributed by atoms with E-state index in [4.69, 9.17) is 5.73 Å². The molecular weight excluding hydrogens is 511 g/mol. The number of nitrogens with two attached hydrogens (primary N) is 1. The SMILES string of the molecule is NC(=O)Cc1cc(F)ccc1CCc1nc(Cc2ccc(C3CCN([B]C=O)CC3)cc2)ncc1C(F)(F)F. The smallest absolute Gasteiger partial charge is 0.369 e. The molecule has 0 aliphatic carbocycles. The second-order valence-electron chi connectivity index (χ2n) is 9.71. The maximum atomic E-state index is 13.7. The van der Waals surface area contributed by atoms with Crippen LogP contribution in [-0.4, -0.2) is 47.4 Å². The summed E-state index contributed by atoms with van der Waals surface area (Å²) in [4.78, 5) is 32.3. The molecule has 2 N–H and O–H groups in total. The molecule has 1 aliphatic rings. The van der Waals surface area contributed by atoms with E-state index in [0.29, 0.717) is 17.0 Å². The third kappa shape index (κ3) is 7.72. The second-order valence-corrected chi connectivity index (χ2v) is 9.71. The van der Waals surface area contributed by atoms with Crippen LogP contribution < -0.4 is 5.73 Å². The van der Waals surface area contributed by atoms with Crippen LogP contribution in [0.4, 0.5) is 17.6 Å². The molecule has 3 aromatic rings. The molecule has 39 heavy (non-hydrogen) atoms. The number of halogens is 4. The number of piperidine rings is 1. The number of carbonyl (C=O) groups is 2. The minimum absolute atomic E-state index is 0.0685. The molecule has 4 rings (SSSR count). The van der Waals surface area contributed by atoms with Gasteiger partial charge in [-0.25, -0.2) is 14.4 Å². The molecule has 203 valence electrons. The van der Waals surface area contributed by atoms with Gasteiger partial charge in [0.1, 0.15) is 11.6 Å². The van der Waals surface area contributed by atoms with Gasteiger partial charge in [0.2, 0.25) is 5.91 Å². The summed E-state index contributed by atoms with van der Waals surface area (Å²) in [6.07, 6.45) is -1.04. The van der Waals surface area contributed by atoms with Gasteiger partial charge in [-0.05, 0) is 79.1 Å². The fourth-order valence-corrected chi connectivity index (χ4v) is 4.97. The van der Waals surface area contributed by atoms with Crippen molar-refractivity contribution in [2.45, 2.75) is 50.6 Å². The largest absolute Gasteiger partial charge is 0.419 e. The van der Waals surface area contributed by atoms with Crippen molar-refractivity contribution in [2.75, 3.05) is 13.1 Å². The average molecular weight is 539 g/mol. The zero-order valence-electron chi connectivity index (χ0n) is 21.3. The number of primary amides is 1. The first-order valence-electron chi connectivity index (χ1n) is 12.7. The molecule has 1 aliphatic heterocycles. The molecule has 1 saturated heterocycles. The van der Waals surface area contributed by atoms with Crippen molar-refractivity contribution in [3.8, 4) is 0 Å². The van der Waals surface area contributed by atoms with Gasteiger partial charge in [-0.15, -0.1) is 0 Å². The lowest BCUT2D eigenvalue weighted by Crippen LogP contribution is -2.36. The Bertz CT molecular complexity index is 1310. The summed E-state index contributed by atoms with van der Waals surface area (Å²) in [5.74, 6) is -0.562. The molecule has 2 aromatic carbocycles. The van der Waals surface area contributed by atoms with Gasteiger partial charge >= 0.3 is 6.18 Å². The summed E-state index contributed by atoms with van der Waals surface area (Å²) in [5, 5.41) is 0. The normalized spacial score (nSPS) is 14.8. The van der Waals surface area contributed by atoms with Crippen LogP contribution in [0.3, 0.4) is 0 Å². The molecule has 0 saturated carbocycles. The van der Waals surface area contributed by atoms with Crippen LogP contribution in [0.2, 0.25) is 0 Å². The number of amides is 1. The number of hydrogen-bond acceptors (Lipinski definition) is 5. The van der Waals surface area contributed by atoms with Crippen molar-refractivity contribution in [3.63, 3.8) is 0 Å². The zero-order chi connectivity index (χ0) is 28.0. The van der Waals surface area contributed by atoms with Gasteiger partial charge in [0.15, 0.2) is 0 Å². The molecule has 0 bridgehead atoms. The first-order valence-corrected chi connectivity index (χ1v) is 12.7. The van der Waals surface area contributed by atoms with Crippen molar-refractivity contribution in [1.82, 2.24) is 14.8 Å². The fraction of sp³-hybridized carbons (Fsp3) is 0.357. The summed E-state index contributed by atoms with van der Waals surface area (Å²) in [7, 11) is 1.57. The fourth-order valence-electron chi connectivity index (χ4n) is 4.97. The summed E-state index contributed by atoms with van der Waals surface area (Å²) < 4.78 is 54.8. The molecule has 6 nitrogen and oxygen atoms in total. The molecule has 0 atom stereocenters. The lowest BCUT2D eigenvalue weighted by atomic mass is 9.84. The standard InChI is InChI=1S/C28H28BF4N4O2/c30-23-7-5-20(22(14-23)15-26(34)39)6-8-25-24(28(31,32)33)16-35-27(36-25)13-18-1-3-19(4-2-18)21-9-11-37(12-10-21)29-17-38/h1-5,7,14,16-17,21H,6,8-13,15H2,(H2,34,39). The van der Waals surface area contributed by atoms with Crippen LogP contribution in [0.25, 0.3) is 0 Å². The second kappa shape index (κ2) is 12.5. The number of hydrogen-bond donors (Lipinski definition) is 1. The van der Waals surface area contributed by atoms with E-state index in [1.54, 1.807) is 7.41 Å². The minimum Gasteiger partial charge on any atom is -0.369 e. The Hall–Kier alpha value is -3.60. The highest BCUT2D eigenvalue weighted by Crippen LogP contribution is 2.32. The maximum absolute atomic E-state index is 13.7. The van der Waals surface area contributed by atoms with Crippen LogP contribution in [0.15, 0.2) is 48.7 Å². The number of benzene rings is 2. The molecule has 0 spiro atoms. The average Bonchev–Trinajstić information content (AvgIpc) is 2.88. The van der Waals surface area contributed by atoms with E-state index in [1.165, 1.54) is 23.8 Å². The quantitative estimate of drug-likeness (QED) is 0.239. The molecule has 1 fully saturated rings. The number of aromatic nitrogens is 2.